The Kier molecular flexibility index (Phi) is 5.88. The smallest absolute Gasteiger partial charge is 0.250 e. The summed E-state index contributed by atoms with van der Waals surface area (Å²) in [5.41, 5.74) is 4.04. The summed E-state index contributed by atoms with van der Waals surface area (Å²) in [7, 11) is 0. The third-order valence-electron chi connectivity index (χ3n) is 4.30. The number of halogens is 1. The van der Waals surface area contributed by atoms with Gasteiger partial charge in [0.25, 0.3) is 5.91 Å². The van der Waals surface area contributed by atoms with E-state index in [-0.39, 0.29) is 18.3 Å². The molecule has 3 aromatic rings. The van der Waals surface area contributed by atoms with E-state index in [2.05, 4.69) is 20.6 Å². The minimum absolute atomic E-state index is 0. The molecule has 3 N–H and O–H groups in total. The summed E-state index contributed by atoms with van der Waals surface area (Å²) in [6.45, 7) is 2.42. The molecule has 0 saturated carbocycles. The van der Waals surface area contributed by atoms with Gasteiger partial charge in [0.1, 0.15) is 11.9 Å². The van der Waals surface area contributed by atoms with Gasteiger partial charge in [-0.1, -0.05) is 36.4 Å². The molecule has 0 bridgehead atoms. The molecule has 4 rings (SSSR count). The highest BCUT2D eigenvalue weighted by Crippen LogP contribution is 2.20. The predicted molar refractivity (Wildman–Crippen MR) is 103 cm³/mol. The molecule has 6 nitrogen and oxygen atoms in total. The highest BCUT2D eigenvalue weighted by Gasteiger charge is 2.21. The van der Waals surface area contributed by atoms with Gasteiger partial charge in [0.05, 0.1) is 17.6 Å². The number of nitrogens with one attached hydrogen (secondary N) is 3. The average molecular weight is 373 g/mol. The van der Waals surface area contributed by atoms with Crippen LogP contribution in [-0.4, -0.2) is 41.7 Å². The van der Waals surface area contributed by atoms with Crippen LogP contribution in [0.4, 0.5) is 0 Å². The van der Waals surface area contributed by atoms with Crippen LogP contribution in [0.2, 0.25) is 0 Å². The Bertz CT molecular complexity index is 840. The minimum Gasteiger partial charge on any atom is -0.366 e. The lowest BCUT2D eigenvalue weighted by molar-refractivity contribution is -0.134. The minimum atomic E-state index is -0.399. The number of H-pyrrole nitrogens is 1. The quantitative estimate of drug-likeness (QED) is 0.656. The molecule has 1 aliphatic heterocycles. The number of aromatic nitrogens is 2. The van der Waals surface area contributed by atoms with Gasteiger partial charge >= 0.3 is 0 Å². The van der Waals surface area contributed by atoms with Crippen molar-refractivity contribution in [1.82, 2.24) is 20.6 Å². The van der Waals surface area contributed by atoms with Gasteiger partial charge in [0.15, 0.2) is 0 Å². The number of carbonyl (C=O) groups is 1. The molecule has 1 saturated heterocycles. The summed E-state index contributed by atoms with van der Waals surface area (Å²) in [5.74, 6) is 0.770. The van der Waals surface area contributed by atoms with Gasteiger partial charge < -0.3 is 20.4 Å². The highest BCUT2D eigenvalue weighted by molar-refractivity contribution is 5.85. The van der Waals surface area contributed by atoms with Gasteiger partial charge in [0.2, 0.25) is 0 Å². The number of benzene rings is 2. The summed E-state index contributed by atoms with van der Waals surface area (Å²) in [4.78, 5) is 20.0. The topological polar surface area (TPSA) is 79.0 Å². The Morgan fingerprint density at radius 2 is 2.00 bits per heavy atom. The summed E-state index contributed by atoms with van der Waals surface area (Å²) in [6.07, 6.45) is -0.399. The molecule has 1 atom stereocenters. The fourth-order valence-electron chi connectivity index (χ4n) is 2.91. The van der Waals surface area contributed by atoms with Gasteiger partial charge in [-0.05, 0) is 17.7 Å². The van der Waals surface area contributed by atoms with Crippen molar-refractivity contribution in [3.05, 3.63) is 54.1 Å². The van der Waals surface area contributed by atoms with Crippen molar-refractivity contribution in [3.8, 4) is 11.4 Å². The maximum atomic E-state index is 12.1. The van der Waals surface area contributed by atoms with Crippen molar-refractivity contribution in [3.63, 3.8) is 0 Å². The van der Waals surface area contributed by atoms with E-state index in [0.717, 1.165) is 34.5 Å². The fraction of sp³-hybridized carbons (Fsp3) is 0.263. The third kappa shape index (κ3) is 4.04. The number of ether oxygens (including phenoxy) is 1. The second-order valence-corrected chi connectivity index (χ2v) is 6.08. The molecule has 1 aromatic heterocycles. The van der Waals surface area contributed by atoms with E-state index in [1.165, 1.54) is 0 Å². The Morgan fingerprint density at radius 1 is 1.19 bits per heavy atom. The van der Waals surface area contributed by atoms with E-state index in [4.69, 9.17) is 4.74 Å². The molecule has 0 aliphatic carbocycles. The molecule has 0 radical (unpaired) electrons. The lowest BCUT2D eigenvalue weighted by Crippen LogP contribution is -2.47. The van der Waals surface area contributed by atoms with Crippen LogP contribution in [0, 0.1) is 0 Å². The normalized spacial score (nSPS) is 16.8. The summed E-state index contributed by atoms with van der Waals surface area (Å²) in [5, 5.41) is 6.08. The van der Waals surface area contributed by atoms with Crippen molar-refractivity contribution in [2.45, 2.75) is 12.6 Å². The number of morpholine rings is 1. The monoisotopic (exact) mass is 372 g/mol. The molecule has 1 unspecified atom stereocenters. The average Bonchev–Trinajstić information content (AvgIpc) is 3.11. The number of hydrogen-bond donors (Lipinski definition) is 3. The van der Waals surface area contributed by atoms with E-state index in [1.54, 1.807) is 0 Å². The third-order valence-corrected chi connectivity index (χ3v) is 4.30. The zero-order valence-electron chi connectivity index (χ0n) is 14.2. The lowest BCUT2D eigenvalue weighted by atomic mass is 10.1. The zero-order valence-corrected chi connectivity index (χ0v) is 15.0. The van der Waals surface area contributed by atoms with E-state index in [9.17, 15) is 4.79 Å². The first-order valence-electron chi connectivity index (χ1n) is 8.44. The second-order valence-electron chi connectivity index (χ2n) is 6.08. The Balaban J connectivity index is 0.00000196. The van der Waals surface area contributed by atoms with Crippen molar-refractivity contribution in [2.75, 3.05) is 19.7 Å². The second kappa shape index (κ2) is 8.31. The van der Waals surface area contributed by atoms with Crippen molar-refractivity contribution >= 4 is 29.3 Å². The number of amides is 1. The Morgan fingerprint density at radius 3 is 2.73 bits per heavy atom. The number of para-hydroxylation sites is 2. The molecule has 7 heteroatoms. The first-order chi connectivity index (χ1) is 12.3. The van der Waals surface area contributed by atoms with Gasteiger partial charge in [-0.15, -0.1) is 12.4 Å². The van der Waals surface area contributed by atoms with E-state index < -0.39 is 6.10 Å². The number of imidazole rings is 1. The molecule has 136 valence electrons. The number of hydrogen-bond acceptors (Lipinski definition) is 4. The molecule has 1 amide bonds. The maximum Gasteiger partial charge on any atom is 0.250 e. The largest absolute Gasteiger partial charge is 0.366 e. The van der Waals surface area contributed by atoms with Gasteiger partial charge in [-0.25, -0.2) is 4.98 Å². The molecule has 2 aromatic carbocycles. The molecule has 0 spiro atoms. The van der Waals surface area contributed by atoms with E-state index >= 15 is 0 Å². The van der Waals surface area contributed by atoms with Crippen molar-refractivity contribution in [2.24, 2.45) is 0 Å². The molecule has 1 fully saturated rings. The van der Waals surface area contributed by atoms with E-state index in [1.807, 2.05) is 48.5 Å². The van der Waals surface area contributed by atoms with Crippen LogP contribution in [-0.2, 0) is 16.1 Å². The standard InChI is InChI=1S/C19H20N4O2.ClH/c24-19(17-12-20-9-10-25-17)21-11-13-5-7-14(8-6-13)18-22-15-3-1-2-4-16(15)23-18;/h1-8,17,20H,9-12H2,(H,21,24)(H,22,23);1H. The molecule has 1 aliphatic rings. The van der Waals surface area contributed by atoms with E-state index in [0.29, 0.717) is 19.7 Å². The zero-order chi connectivity index (χ0) is 17.1. The highest BCUT2D eigenvalue weighted by atomic mass is 35.5. The van der Waals surface area contributed by atoms with Crippen molar-refractivity contribution < 1.29 is 9.53 Å². The summed E-state index contributed by atoms with van der Waals surface area (Å²) in [6, 6.07) is 16.0. The first kappa shape index (κ1) is 18.4. The Hall–Kier alpha value is -2.41. The molecule has 26 heavy (non-hydrogen) atoms. The van der Waals surface area contributed by atoms with Crippen LogP contribution in [0.5, 0.6) is 0 Å². The molecular formula is C19H21ClN4O2. The lowest BCUT2D eigenvalue weighted by Gasteiger charge is -2.22. The first-order valence-corrected chi connectivity index (χ1v) is 8.44. The Labute approximate surface area is 157 Å². The van der Waals surface area contributed by atoms with Crippen LogP contribution in [0.3, 0.4) is 0 Å². The van der Waals surface area contributed by atoms with Crippen LogP contribution in [0.15, 0.2) is 48.5 Å². The SMILES string of the molecule is Cl.O=C(NCc1ccc(-c2nc3ccccc3[nH]2)cc1)C1CNCCO1. The molecular weight excluding hydrogens is 352 g/mol. The van der Waals surface area contributed by atoms with Gasteiger partial charge in [0, 0.05) is 25.2 Å². The summed E-state index contributed by atoms with van der Waals surface area (Å²) < 4.78 is 5.45. The fourth-order valence-corrected chi connectivity index (χ4v) is 2.91. The van der Waals surface area contributed by atoms with Gasteiger partial charge in [-0.2, -0.15) is 0 Å². The van der Waals surface area contributed by atoms with Crippen LogP contribution in [0.25, 0.3) is 22.4 Å². The number of rotatable bonds is 4. The van der Waals surface area contributed by atoms with Crippen LogP contribution >= 0.6 is 12.4 Å². The van der Waals surface area contributed by atoms with Crippen LogP contribution in [0.1, 0.15) is 5.56 Å². The summed E-state index contributed by atoms with van der Waals surface area (Å²) >= 11 is 0. The van der Waals surface area contributed by atoms with Crippen LogP contribution < -0.4 is 10.6 Å². The number of nitrogens with zero attached hydrogens (tertiary/aromatic N) is 1. The number of aromatic amines is 1. The van der Waals surface area contributed by atoms with Gasteiger partial charge in [-0.3, -0.25) is 4.79 Å². The van der Waals surface area contributed by atoms with Crippen molar-refractivity contribution in [1.29, 1.82) is 0 Å². The number of fused-ring (bicyclic) bond motifs is 1. The number of carbonyl (C=O) groups excluding carboxylic acids is 1. The maximum absolute atomic E-state index is 12.1. The predicted octanol–water partition coefficient (Wildman–Crippen LogP) is 2.26. The molecule has 2 heterocycles.